The minimum Gasteiger partial charge on any atom is -0.368 e. The molecule has 1 aromatic heterocycles. The maximum Gasteiger partial charge on any atom is 0.245 e. The van der Waals surface area contributed by atoms with Gasteiger partial charge in [0, 0.05) is 13.6 Å². The second-order valence-corrected chi connectivity index (χ2v) is 6.05. The number of rotatable bonds is 4. The molecule has 1 aromatic rings. The molecule has 88 valence electrons. The van der Waals surface area contributed by atoms with Crippen molar-refractivity contribution in [3.63, 3.8) is 0 Å². The van der Waals surface area contributed by atoms with E-state index in [1.165, 1.54) is 16.7 Å². The smallest absolute Gasteiger partial charge is 0.245 e. The molecule has 0 saturated heterocycles. The molecule has 6 nitrogen and oxygen atoms in total. The number of nitrogen functional groups attached to an aromatic ring is 1. The number of hydrogen-bond acceptors (Lipinski definition) is 5. The van der Waals surface area contributed by atoms with Gasteiger partial charge in [-0.3, -0.25) is 0 Å². The molecule has 7 heteroatoms. The fraction of sp³-hybridized carbons (Fsp3) is 0.556. The average Bonchev–Trinajstić information content (AvgIpc) is 3.02. The summed E-state index contributed by atoms with van der Waals surface area (Å²) in [5.41, 5.74) is 5.31. The van der Waals surface area contributed by atoms with Gasteiger partial charge < -0.3 is 5.73 Å². The Kier molecular flexibility index (Phi) is 2.81. The van der Waals surface area contributed by atoms with Crippen molar-refractivity contribution in [2.24, 2.45) is 5.92 Å². The van der Waals surface area contributed by atoms with E-state index >= 15 is 0 Å². The molecule has 1 saturated carbocycles. The van der Waals surface area contributed by atoms with Gasteiger partial charge >= 0.3 is 0 Å². The van der Waals surface area contributed by atoms with E-state index < -0.39 is 10.0 Å². The number of aromatic nitrogens is 2. The summed E-state index contributed by atoms with van der Waals surface area (Å²) in [5, 5.41) is 0. The highest BCUT2D eigenvalue weighted by Crippen LogP contribution is 2.30. The van der Waals surface area contributed by atoms with Gasteiger partial charge in [0.15, 0.2) is 0 Å². The number of nitrogens with two attached hydrogens (primary N) is 1. The second kappa shape index (κ2) is 3.99. The molecule has 1 aliphatic carbocycles. The zero-order valence-corrected chi connectivity index (χ0v) is 9.81. The summed E-state index contributed by atoms with van der Waals surface area (Å²) in [6.45, 7) is 0.562. The number of hydrogen-bond donors (Lipinski definition) is 1. The van der Waals surface area contributed by atoms with Gasteiger partial charge in [-0.15, -0.1) is 0 Å². The van der Waals surface area contributed by atoms with E-state index in [1.54, 1.807) is 7.05 Å². The summed E-state index contributed by atoms with van der Waals surface area (Å²) < 4.78 is 25.4. The van der Waals surface area contributed by atoms with Crippen molar-refractivity contribution in [1.82, 2.24) is 14.3 Å². The molecule has 0 unspecified atom stereocenters. The summed E-state index contributed by atoms with van der Waals surface area (Å²) in [4.78, 5) is 7.45. The summed E-state index contributed by atoms with van der Waals surface area (Å²) in [6, 6.07) is 0. The first kappa shape index (κ1) is 11.3. The lowest BCUT2D eigenvalue weighted by molar-refractivity contribution is 0.452. The Bertz CT molecular complexity index is 467. The first-order valence-electron chi connectivity index (χ1n) is 5.04. The van der Waals surface area contributed by atoms with E-state index in [9.17, 15) is 8.42 Å². The maximum absolute atomic E-state index is 12.0. The van der Waals surface area contributed by atoms with Crippen molar-refractivity contribution in [2.75, 3.05) is 19.3 Å². The van der Waals surface area contributed by atoms with Crippen LogP contribution in [0.15, 0.2) is 17.3 Å². The van der Waals surface area contributed by atoms with Gasteiger partial charge in [-0.2, -0.15) is 0 Å². The van der Waals surface area contributed by atoms with E-state index in [-0.39, 0.29) is 10.8 Å². The quantitative estimate of drug-likeness (QED) is 0.808. The van der Waals surface area contributed by atoms with Gasteiger partial charge in [0.1, 0.15) is 4.90 Å². The van der Waals surface area contributed by atoms with Gasteiger partial charge in [-0.1, -0.05) is 0 Å². The molecular weight excluding hydrogens is 228 g/mol. The third kappa shape index (κ3) is 2.30. The van der Waals surface area contributed by atoms with Crippen LogP contribution in [0, 0.1) is 5.92 Å². The van der Waals surface area contributed by atoms with Gasteiger partial charge in [-0.05, 0) is 18.8 Å². The minimum absolute atomic E-state index is 0.0730. The first-order valence-corrected chi connectivity index (χ1v) is 6.48. The summed E-state index contributed by atoms with van der Waals surface area (Å²) in [7, 11) is -1.88. The van der Waals surface area contributed by atoms with Crippen molar-refractivity contribution < 1.29 is 8.42 Å². The predicted molar refractivity (Wildman–Crippen MR) is 59.0 cm³/mol. The molecule has 2 rings (SSSR count). The van der Waals surface area contributed by atoms with Crippen molar-refractivity contribution in [3.05, 3.63) is 12.4 Å². The summed E-state index contributed by atoms with van der Waals surface area (Å²) in [5.74, 6) is 0.582. The number of sulfonamides is 1. The standard InChI is InChI=1S/C9H14N4O2S/c1-13(6-7-2-3-7)16(14,15)8-4-11-9(10)12-5-8/h4-5,7H,2-3,6H2,1H3,(H2,10,11,12). The SMILES string of the molecule is CN(CC1CC1)S(=O)(=O)c1cnc(N)nc1. The van der Waals surface area contributed by atoms with Gasteiger partial charge in [0.2, 0.25) is 16.0 Å². The number of nitrogens with zero attached hydrogens (tertiary/aromatic N) is 3. The maximum atomic E-state index is 12.0. The fourth-order valence-electron chi connectivity index (χ4n) is 1.40. The highest BCUT2D eigenvalue weighted by atomic mass is 32.2. The Morgan fingerprint density at radius 2 is 2.00 bits per heavy atom. The Labute approximate surface area is 94.6 Å². The molecule has 2 N–H and O–H groups in total. The van der Waals surface area contributed by atoms with Crippen molar-refractivity contribution in [3.8, 4) is 0 Å². The summed E-state index contributed by atoms with van der Waals surface area (Å²) >= 11 is 0. The Morgan fingerprint density at radius 3 is 2.50 bits per heavy atom. The Hall–Kier alpha value is -1.21. The molecule has 0 atom stereocenters. The molecule has 16 heavy (non-hydrogen) atoms. The van der Waals surface area contributed by atoms with Crippen molar-refractivity contribution in [2.45, 2.75) is 17.7 Å². The summed E-state index contributed by atoms with van der Waals surface area (Å²) in [6.07, 6.45) is 4.69. The third-order valence-corrected chi connectivity index (χ3v) is 4.34. The van der Waals surface area contributed by atoms with Crippen LogP contribution in [0.25, 0.3) is 0 Å². The monoisotopic (exact) mass is 242 g/mol. The van der Waals surface area contributed by atoms with Crippen LogP contribution in [0.1, 0.15) is 12.8 Å². The third-order valence-electron chi connectivity index (χ3n) is 2.57. The molecule has 0 aromatic carbocycles. The first-order chi connectivity index (χ1) is 7.50. The highest BCUT2D eigenvalue weighted by Gasteiger charge is 2.29. The molecule has 0 bridgehead atoms. The zero-order valence-electron chi connectivity index (χ0n) is 9.00. The molecule has 1 fully saturated rings. The minimum atomic E-state index is -3.46. The van der Waals surface area contributed by atoms with Crippen LogP contribution in [0.5, 0.6) is 0 Å². The van der Waals surface area contributed by atoms with Crippen LogP contribution >= 0.6 is 0 Å². The topological polar surface area (TPSA) is 89.2 Å². The largest absolute Gasteiger partial charge is 0.368 e. The van der Waals surface area contributed by atoms with E-state index in [0.717, 1.165) is 12.8 Å². The van der Waals surface area contributed by atoms with Crippen LogP contribution in [0.3, 0.4) is 0 Å². The number of anilines is 1. The molecule has 0 spiro atoms. The van der Waals surface area contributed by atoms with Gasteiger partial charge in [0.25, 0.3) is 0 Å². The van der Waals surface area contributed by atoms with Crippen molar-refractivity contribution >= 4 is 16.0 Å². The molecule has 0 aliphatic heterocycles. The lowest BCUT2D eigenvalue weighted by atomic mass is 10.4. The normalized spacial score (nSPS) is 16.6. The van der Waals surface area contributed by atoms with Crippen molar-refractivity contribution in [1.29, 1.82) is 0 Å². The lowest BCUT2D eigenvalue weighted by Crippen LogP contribution is -2.29. The molecule has 1 aliphatic rings. The zero-order chi connectivity index (χ0) is 11.8. The molecule has 1 heterocycles. The average molecular weight is 242 g/mol. The Morgan fingerprint density at radius 1 is 1.44 bits per heavy atom. The van der Waals surface area contributed by atoms with E-state index in [1.807, 2.05) is 0 Å². The van der Waals surface area contributed by atoms with Crippen LogP contribution in [-0.2, 0) is 10.0 Å². The van der Waals surface area contributed by atoms with Crippen LogP contribution < -0.4 is 5.73 Å². The van der Waals surface area contributed by atoms with Gasteiger partial charge in [-0.25, -0.2) is 22.7 Å². The van der Waals surface area contributed by atoms with Gasteiger partial charge in [0.05, 0.1) is 12.4 Å². The lowest BCUT2D eigenvalue weighted by Gasteiger charge is -2.16. The second-order valence-electron chi connectivity index (χ2n) is 4.01. The van der Waals surface area contributed by atoms with E-state index in [0.29, 0.717) is 12.5 Å². The fourth-order valence-corrected chi connectivity index (χ4v) is 2.54. The van der Waals surface area contributed by atoms with Crippen LogP contribution in [0.2, 0.25) is 0 Å². The predicted octanol–water partition coefficient (Wildman–Crippen LogP) is 0.0893. The molecule has 0 radical (unpaired) electrons. The molecule has 0 amide bonds. The van der Waals surface area contributed by atoms with E-state index in [2.05, 4.69) is 9.97 Å². The Balaban J connectivity index is 2.19. The highest BCUT2D eigenvalue weighted by molar-refractivity contribution is 7.89. The van der Waals surface area contributed by atoms with Crippen LogP contribution in [-0.4, -0.2) is 36.3 Å². The van der Waals surface area contributed by atoms with Crippen LogP contribution in [0.4, 0.5) is 5.95 Å². The van der Waals surface area contributed by atoms with E-state index in [4.69, 9.17) is 5.73 Å². The molecular formula is C9H14N4O2S.